The van der Waals surface area contributed by atoms with Gasteiger partial charge in [-0.15, -0.1) is 0 Å². The van der Waals surface area contributed by atoms with E-state index in [9.17, 15) is 18.5 Å². The molecule has 0 saturated heterocycles. The van der Waals surface area contributed by atoms with Gasteiger partial charge in [0.05, 0.1) is 11.5 Å². The standard InChI is InChI=1S/C27H29N3O5S/c1-6-34-25-12-10-24(11-13-25)30-19(2)14-22(20(30)3)16-23(17-28)27(31)35-18-21-8-7-9-26(15-21)36(32,33)29(4)5/h7-16H,6,18H2,1-5H3/b23-16+. The topological polar surface area (TPSA) is 102 Å². The van der Waals surface area contributed by atoms with Crippen LogP contribution >= 0.6 is 0 Å². The quantitative estimate of drug-likeness (QED) is 0.242. The molecular weight excluding hydrogens is 478 g/mol. The van der Waals surface area contributed by atoms with Gasteiger partial charge in [0.15, 0.2) is 0 Å². The lowest BCUT2D eigenvalue weighted by Crippen LogP contribution is -2.22. The largest absolute Gasteiger partial charge is 0.494 e. The molecule has 36 heavy (non-hydrogen) atoms. The molecule has 2 aromatic carbocycles. The van der Waals surface area contributed by atoms with E-state index in [2.05, 4.69) is 0 Å². The van der Waals surface area contributed by atoms with Crippen molar-refractivity contribution in [3.05, 3.63) is 82.7 Å². The van der Waals surface area contributed by atoms with Gasteiger partial charge in [0.25, 0.3) is 0 Å². The van der Waals surface area contributed by atoms with Crippen molar-refractivity contribution >= 4 is 22.1 Å². The zero-order valence-corrected chi connectivity index (χ0v) is 21.8. The molecular formula is C27H29N3O5S. The minimum absolute atomic E-state index is 0.0961. The van der Waals surface area contributed by atoms with E-state index >= 15 is 0 Å². The van der Waals surface area contributed by atoms with Gasteiger partial charge in [-0.25, -0.2) is 17.5 Å². The van der Waals surface area contributed by atoms with Gasteiger partial charge in [-0.1, -0.05) is 12.1 Å². The third-order valence-corrected chi connectivity index (χ3v) is 7.37. The number of hydrogen-bond acceptors (Lipinski definition) is 6. The van der Waals surface area contributed by atoms with Crippen molar-refractivity contribution < 1.29 is 22.7 Å². The van der Waals surface area contributed by atoms with Gasteiger partial charge in [-0.2, -0.15) is 5.26 Å². The zero-order chi connectivity index (χ0) is 26.5. The van der Waals surface area contributed by atoms with E-state index in [0.717, 1.165) is 27.1 Å². The van der Waals surface area contributed by atoms with Crippen molar-refractivity contribution in [1.29, 1.82) is 5.26 Å². The molecule has 0 N–H and O–H groups in total. The third kappa shape index (κ3) is 5.85. The van der Waals surface area contributed by atoms with Crippen LogP contribution in [0.2, 0.25) is 0 Å². The van der Waals surface area contributed by atoms with Gasteiger partial charge >= 0.3 is 5.97 Å². The number of nitrogens with zero attached hydrogens (tertiary/aromatic N) is 3. The summed E-state index contributed by atoms with van der Waals surface area (Å²) in [7, 11) is -0.728. The highest BCUT2D eigenvalue weighted by molar-refractivity contribution is 7.89. The lowest BCUT2D eigenvalue weighted by Gasteiger charge is -2.12. The Morgan fingerprint density at radius 1 is 1.11 bits per heavy atom. The van der Waals surface area contributed by atoms with Gasteiger partial charge in [0, 0.05) is 31.2 Å². The van der Waals surface area contributed by atoms with Crippen LogP contribution in [0.1, 0.15) is 29.4 Å². The lowest BCUT2D eigenvalue weighted by molar-refractivity contribution is -0.139. The predicted molar refractivity (Wildman–Crippen MR) is 137 cm³/mol. The van der Waals surface area contributed by atoms with Gasteiger partial charge in [-0.3, -0.25) is 0 Å². The fourth-order valence-corrected chi connectivity index (χ4v) is 4.69. The molecule has 0 fully saturated rings. The number of nitriles is 1. The minimum atomic E-state index is -3.61. The molecule has 0 saturated carbocycles. The number of carbonyl (C=O) groups is 1. The summed E-state index contributed by atoms with van der Waals surface area (Å²) in [5.41, 5.74) is 3.79. The number of sulfonamides is 1. The van der Waals surface area contributed by atoms with E-state index < -0.39 is 16.0 Å². The molecule has 188 valence electrons. The van der Waals surface area contributed by atoms with Crippen LogP contribution in [-0.2, 0) is 26.2 Å². The summed E-state index contributed by atoms with van der Waals surface area (Å²) in [5, 5.41) is 9.61. The fourth-order valence-electron chi connectivity index (χ4n) is 3.71. The summed E-state index contributed by atoms with van der Waals surface area (Å²) in [6, 6.07) is 17.6. The Labute approximate surface area is 212 Å². The molecule has 9 heteroatoms. The maximum Gasteiger partial charge on any atom is 0.349 e. The molecule has 0 unspecified atom stereocenters. The SMILES string of the molecule is CCOc1ccc(-n2c(C)cc(/C=C(\C#N)C(=O)OCc3cccc(S(=O)(=O)N(C)C)c3)c2C)cc1. The summed E-state index contributed by atoms with van der Waals surface area (Å²) in [5.74, 6) is -0.00701. The first-order chi connectivity index (χ1) is 17.1. The smallest absolute Gasteiger partial charge is 0.349 e. The van der Waals surface area contributed by atoms with Gasteiger partial charge < -0.3 is 14.0 Å². The summed E-state index contributed by atoms with van der Waals surface area (Å²) in [4.78, 5) is 12.7. The van der Waals surface area contributed by atoms with Crippen molar-refractivity contribution in [2.24, 2.45) is 0 Å². The van der Waals surface area contributed by atoms with E-state index in [1.165, 1.54) is 32.3 Å². The Kier molecular flexibility index (Phi) is 8.35. The molecule has 0 bridgehead atoms. The first-order valence-corrected chi connectivity index (χ1v) is 12.7. The van der Waals surface area contributed by atoms with Gasteiger partial charge in [0.1, 0.15) is 24.0 Å². The Bertz CT molecular complexity index is 1430. The first kappa shape index (κ1) is 26.7. The molecule has 0 aliphatic heterocycles. The van der Waals surface area contributed by atoms with E-state index in [1.54, 1.807) is 12.1 Å². The van der Waals surface area contributed by atoms with Crippen molar-refractivity contribution in [3.63, 3.8) is 0 Å². The number of carbonyl (C=O) groups excluding carboxylic acids is 1. The van der Waals surface area contributed by atoms with Crippen LogP contribution in [0.3, 0.4) is 0 Å². The number of esters is 1. The Hall–Kier alpha value is -3.87. The second-order valence-electron chi connectivity index (χ2n) is 8.27. The number of aromatic nitrogens is 1. The van der Waals surface area contributed by atoms with Crippen LogP contribution in [0.4, 0.5) is 0 Å². The van der Waals surface area contributed by atoms with E-state index in [-0.39, 0.29) is 17.1 Å². The first-order valence-electron chi connectivity index (χ1n) is 11.3. The molecule has 0 atom stereocenters. The zero-order valence-electron chi connectivity index (χ0n) is 21.0. The number of hydrogen-bond donors (Lipinski definition) is 0. The maximum absolute atomic E-state index is 12.7. The van der Waals surface area contributed by atoms with E-state index in [1.807, 2.05) is 61.7 Å². The number of ether oxygens (including phenoxy) is 2. The number of rotatable bonds is 9. The molecule has 0 spiro atoms. The van der Waals surface area contributed by atoms with Crippen molar-refractivity contribution in [1.82, 2.24) is 8.87 Å². The summed E-state index contributed by atoms with van der Waals surface area (Å²) in [6.07, 6.45) is 1.50. The van der Waals surface area contributed by atoms with Crippen molar-refractivity contribution in [3.8, 4) is 17.5 Å². The summed E-state index contributed by atoms with van der Waals surface area (Å²) in [6.45, 7) is 6.20. The van der Waals surface area contributed by atoms with Gasteiger partial charge in [-0.05, 0) is 80.4 Å². The van der Waals surface area contributed by atoms with Crippen LogP contribution < -0.4 is 4.74 Å². The minimum Gasteiger partial charge on any atom is -0.494 e. The number of aryl methyl sites for hydroxylation is 1. The normalized spacial score (nSPS) is 11.9. The monoisotopic (exact) mass is 507 g/mol. The van der Waals surface area contributed by atoms with Crippen LogP contribution in [-0.4, -0.2) is 44.0 Å². The van der Waals surface area contributed by atoms with Crippen LogP contribution in [0.15, 0.2) is 65.1 Å². The third-order valence-electron chi connectivity index (χ3n) is 5.56. The fraction of sp³-hybridized carbons (Fsp3) is 0.259. The summed E-state index contributed by atoms with van der Waals surface area (Å²) >= 11 is 0. The highest BCUT2D eigenvalue weighted by Crippen LogP contribution is 2.25. The highest BCUT2D eigenvalue weighted by atomic mass is 32.2. The second kappa shape index (κ2) is 11.2. The lowest BCUT2D eigenvalue weighted by atomic mass is 10.1. The molecule has 0 aliphatic rings. The Balaban J connectivity index is 1.80. The Morgan fingerprint density at radius 2 is 1.81 bits per heavy atom. The summed E-state index contributed by atoms with van der Waals surface area (Å²) < 4.78 is 38.7. The van der Waals surface area contributed by atoms with Crippen molar-refractivity contribution in [2.45, 2.75) is 32.3 Å². The van der Waals surface area contributed by atoms with E-state index in [0.29, 0.717) is 17.7 Å². The second-order valence-corrected chi connectivity index (χ2v) is 10.4. The average molecular weight is 508 g/mol. The van der Waals surface area contributed by atoms with Crippen molar-refractivity contribution in [2.75, 3.05) is 20.7 Å². The molecule has 8 nitrogen and oxygen atoms in total. The van der Waals surface area contributed by atoms with Gasteiger partial charge in [0.2, 0.25) is 10.0 Å². The molecule has 1 heterocycles. The van der Waals surface area contributed by atoms with Crippen LogP contribution in [0.5, 0.6) is 5.75 Å². The Morgan fingerprint density at radius 3 is 2.42 bits per heavy atom. The molecule has 0 aliphatic carbocycles. The molecule has 3 aromatic rings. The maximum atomic E-state index is 12.7. The molecule has 3 rings (SSSR count). The molecule has 0 radical (unpaired) electrons. The highest BCUT2D eigenvalue weighted by Gasteiger charge is 2.18. The van der Waals surface area contributed by atoms with Crippen LogP contribution in [0.25, 0.3) is 11.8 Å². The number of benzene rings is 2. The predicted octanol–water partition coefficient (Wildman–Crippen LogP) is 4.39. The molecule has 0 amide bonds. The van der Waals surface area contributed by atoms with E-state index in [4.69, 9.17) is 9.47 Å². The molecule has 1 aromatic heterocycles. The van der Waals surface area contributed by atoms with Crippen LogP contribution in [0, 0.1) is 25.2 Å². The average Bonchev–Trinajstić information content (AvgIpc) is 3.14.